The van der Waals surface area contributed by atoms with Gasteiger partial charge in [-0.05, 0) is 57.0 Å². The number of hydrogen-bond acceptors (Lipinski definition) is 6. The lowest BCUT2D eigenvalue weighted by molar-refractivity contribution is 0.1000. The molecule has 162 valence electrons. The van der Waals surface area contributed by atoms with Crippen LogP contribution in [-0.4, -0.2) is 43.0 Å². The number of primary amides is 1. The molecule has 3 N–H and O–H groups in total. The highest BCUT2D eigenvalue weighted by molar-refractivity contribution is 7.17. The maximum absolute atomic E-state index is 12.9. The summed E-state index contributed by atoms with van der Waals surface area (Å²) in [5.74, 6) is 0.290. The molecular formula is C22H29N3O4S. The fraction of sp³-hybridized carbons (Fsp3) is 0.455. The molecule has 7 nitrogen and oxygen atoms in total. The number of nitrogens with two attached hydrogens (primary N) is 1. The lowest BCUT2D eigenvalue weighted by atomic mass is 10.0. The topological polar surface area (TPSA) is 93.9 Å². The van der Waals surface area contributed by atoms with Crippen LogP contribution >= 0.6 is 11.3 Å². The predicted molar refractivity (Wildman–Crippen MR) is 119 cm³/mol. The number of ether oxygens (including phenoxy) is 2. The Kier molecular flexibility index (Phi) is 7.33. The Morgan fingerprint density at radius 1 is 1.17 bits per heavy atom. The van der Waals surface area contributed by atoms with E-state index < -0.39 is 5.91 Å². The molecule has 0 saturated carbocycles. The van der Waals surface area contributed by atoms with Crippen molar-refractivity contribution in [3.63, 3.8) is 0 Å². The highest BCUT2D eigenvalue weighted by Crippen LogP contribution is 2.37. The van der Waals surface area contributed by atoms with Gasteiger partial charge in [0, 0.05) is 23.5 Å². The van der Waals surface area contributed by atoms with Crippen LogP contribution in [0.1, 0.15) is 58.3 Å². The van der Waals surface area contributed by atoms with Crippen molar-refractivity contribution in [2.45, 2.75) is 40.2 Å². The molecular weight excluding hydrogens is 402 g/mol. The fourth-order valence-electron chi connectivity index (χ4n) is 3.68. The van der Waals surface area contributed by atoms with Crippen molar-refractivity contribution in [2.24, 2.45) is 5.73 Å². The summed E-state index contributed by atoms with van der Waals surface area (Å²) < 4.78 is 11.2. The van der Waals surface area contributed by atoms with Crippen LogP contribution in [0.15, 0.2) is 18.2 Å². The smallest absolute Gasteiger partial charge is 0.256 e. The summed E-state index contributed by atoms with van der Waals surface area (Å²) in [6, 6.07) is 5.06. The van der Waals surface area contributed by atoms with Crippen molar-refractivity contribution < 1.29 is 19.1 Å². The highest BCUT2D eigenvalue weighted by atomic mass is 32.1. The molecule has 0 atom stereocenters. The Bertz CT molecular complexity index is 925. The molecule has 8 heteroatoms. The minimum Gasteiger partial charge on any atom is -0.490 e. The van der Waals surface area contributed by atoms with Gasteiger partial charge in [0.15, 0.2) is 11.5 Å². The monoisotopic (exact) mass is 431 g/mol. The molecule has 2 heterocycles. The molecule has 0 aliphatic carbocycles. The third kappa shape index (κ3) is 4.76. The van der Waals surface area contributed by atoms with Crippen LogP contribution in [0.2, 0.25) is 0 Å². The van der Waals surface area contributed by atoms with Crippen LogP contribution in [0.3, 0.4) is 0 Å². The Labute approximate surface area is 181 Å². The van der Waals surface area contributed by atoms with Crippen LogP contribution in [0.25, 0.3) is 0 Å². The molecule has 1 aliphatic rings. The summed E-state index contributed by atoms with van der Waals surface area (Å²) >= 11 is 1.44. The average Bonchev–Trinajstić information content (AvgIpc) is 3.07. The van der Waals surface area contributed by atoms with Crippen LogP contribution < -0.4 is 20.5 Å². The van der Waals surface area contributed by atoms with Gasteiger partial charge in [0.25, 0.3) is 11.8 Å². The summed E-state index contributed by atoms with van der Waals surface area (Å²) in [4.78, 5) is 28.5. The standard InChI is InChI=1S/C22H29N3O4S/c1-4-10-25-11-9-15-18(13-25)30-22(19(15)20(23)26)24-21(27)14-7-8-16(28-5-2)17(12-14)29-6-3/h7-8,12H,4-6,9-11,13H2,1-3H3,(H2,23,26)(H,24,27). The molecule has 0 spiro atoms. The summed E-state index contributed by atoms with van der Waals surface area (Å²) in [7, 11) is 0. The van der Waals surface area contributed by atoms with Gasteiger partial charge in [-0.3, -0.25) is 14.5 Å². The van der Waals surface area contributed by atoms with Gasteiger partial charge in [-0.1, -0.05) is 6.92 Å². The predicted octanol–water partition coefficient (Wildman–Crippen LogP) is 3.66. The first-order valence-electron chi connectivity index (χ1n) is 10.4. The van der Waals surface area contributed by atoms with E-state index in [0.717, 1.165) is 42.9 Å². The molecule has 0 radical (unpaired) electrons. The molecule has 3 rings (SSSR count). The zero-order valence-corrected chi connectivity index (χ0v) is 18.6. The molecule has 0 unspecified atom stereocenters. The Morgan fingerprint density at radius 2 is 1.90 bits per heavy atom. The van der Waals surface area contributed by atoms with E-state index in [1.54, 1.807) is 18.2 Å². The number of anilines is 1. The summed E-state index contributed by atoms with van der Waals surface area (Å²) in [6.07, 6.45) is 1.84. The maximum atomic E-state index is 12.9. The Hall–Kier alpha value is -2.58. The molecule has 1 aromatic heterocycles. The first-order chi connectivity index (χ1) is 14.5. The molecule has 2 amide bonds. The van der Waals surface area contributed by atoms with Crippen LogP contribution in [0.4, 0.5) is 5.00 Å². The molecule has 1 aliphatic heterocycles. The number of fused-ring (bicyclic) bond motifs is 1. The molecule has 2 aromatic rings. The number of nitrogens with zero attached hydrogens (tertiary/aromatic N) is 1. The van der Waals surface area contributed by atoms with Crippen molar-refractivity contribution >= 4 is 28.2 Å². The van der Waals surface area contributed by atoms with Crippen molar-refractivity contribution in [3.05, 3.63) is 39.8 Å². The number of carbonyl (C=O) groups is 2. The number of benzene rings is 1. The summed E-state index contributed by atoms with van der Waals surface area (Å²) in [6.45, 7) is 9.56. The van der Waals surface area contributed by atoms with E-state index in [4.69, 9.17) is 15.2 Å². The first kappa shape index (κ1) is 22.1. The van der Waals surface area contributed by atoms with Crippen LogP contribution in [0.5, 0.6) is 11.5 Å². The minimum atomic E-state index is -0.506. The number of nitrogens with one attached hydrogen (secondary N) is 1. The first-order valence-corrected chi connectivity index (χ1v) is 11.2. The molecule has 1 aromatic carbocycles. The van der Waals surface area contributed by atoms with Crippen molar-refractivity contribution in [1.82, 2.24) is 4.90 Å². The highest BCUT2D eigenvalue weighted by Gasteiger charge is 2.27. The number of amides is 2. The number of carbonyl (C=O) groups excluding carboxylic acids is 2. The van der Waals surface area contributed by atoms with E-state index in [0.29, 0.717) is 40.8 Å². The normalized spacial score (nSPS) is 13.6. The fourth-order valence-corrected chi connectivity index (χ4v) is 4.97. The van der Waals surface area contributed by atoms with Crippen molar-refractivity contribution in [3.8, 4) is 11.5 Å². The molecule has 0 fully saturated rings. The van der Waals surface area contributed by atoms with E-state index >= 15 is 0 Å². The SMILES string of the molecule is CCCN1CCc2c(sc(NC(=O)c3ccc(OCC)c(OCC)c3)c2C(N)=O)C1. The third-order valence-corrected chi connectivity index (χ3v) is 6.09. The van der Waals surface area contributed by atoms with Gasteiger partial charge in [0.05, 0.1) is 18.8 Å². The van der Waals surface area contributed by atoms with Gasteiger partial charge >= 0.3 is 0 Å². The van der Waals surface area contributed by atoms with E-state index in [1.165, 1.54) is 11.3 Å². The maximum Gasteiger partial charge on any atom is 0.256 e. The molecule has 0 saturated heterocycles. The average molecular weight is 432 g/mol. The number of hydrogen-bond donors (Lipinski definition) is 2. The second-order valence-electron chi connectivity index (χ2n) is 7.08. The summed E-state index contributed by atoms with van der Waals surface area (Å²) in [5.41, 5.74) is 7.51. The van der Waals surface area contributed by atoms with Crippen LogP contribution in [0, 0.1) is 0 Å². The van der Waals surface area contributed by atoms with E-state index in [9.17, 15) is 9.59 Å². The minimum absolute atomic E-state index is 0.314. The zero-order valence-electron chi connectivity index (χ0n) is 17.7. The van der Waals surface area contributed by atoms with E-state index in [1.807, 2.05) is 13.8 Å². The largest absolute Gasteiger partial charge is 0.490 e. The van der Waals surface area contributed by atoms with Gasteiger partial charge in [-0.2, -0.15) is 0 Å². The van der Waals surface area contributed by atoms with Gasteiger partial charge in [-0.15, -0.1) is 11.3 Å². The molecule has 0 bridgehead atoms. The van der Waals surface area contributed by atoms with E-state index in [2.05, 4.69) is 17.1 Å². The van der Waals surface area contributed by atoms with Gasteiger partial charge in [0.1, 0.15) is 5.00 Å². The van der Waals surface area contributed by atoms with Gasteiger partial charge in [-0.25, -0.2) is 0 Å². The second-order valence-corrected chi connectivity index (χ2v) is 8.19. The van der Waals surface area contributed by atoms with Crippen molar-refractivity contribution in [1.29, 1.82) is 0 Å². The van der Waals surface area contributed by atoms with Gasteiger partial charge in [0.2, 0.25) is 0 Å². The Morgan fingerprint density at radius 3 is 2.57 bits per heavy atom. The molecule has 30 heavy (non-hydrogen) atoms. The number of rotatable bonds is 9. The zero-order chi connectivity index (χ0) is 21.7. The van der Waals surface area contributed by atoms with Crippen molar-refractivity contribution in [2.75, 3.05) is 31.6 Å². The summed E-state index contributed by atoms with van der Waals surface area (Å²) in [5, 5.41) is 3.41. The van der Waals surface area contributed by atoms with E-state index in [-0.39, 0.29) is 5.91 Å². The lowest BCUT2D eigenvalue weighted by Crippen LogP contribution is -2.31. The number of thiophene rings is 1. The van der Waals surface area contributed by atoms with Gasteiger partial charge < -0.3 is 20.5 Å². The lowest BCUT2D eigenvalue weighted by Gasteiger charge is -2.26. The Balaban J connectivity index is 1.86. The second kappa shape index (κ2) is 9.95. The van der Waals surface area contributed by atoms with Crippen LogP contribution in [-0.2, 0) is 13.0 Å². The third-order valence-electron chi connectivity index (χ3n) is 4.95. The quantitative estimate of drug-likeness (QED) is 0.632.